The van der Waals surface area contributed by atoms with Crippen LogP contribution < -0.4 is 9.62 Å². The normalized spacial score (nSPS) is 12.5. The van der Waals surface area contributed by atoms with Crippen LogP contribution in [0.1, 0.15) is 37.8 Å². The molecule has 1 atom stereocenters. The lowest BCUT2D eigenvalue weighted by Gasteiger charge is -2.32. The zero-order valence-corrected chi connectivity index (χ0v) is 26.3. The van der Waals surface area contributed by atoms with Crippen LogP contribution in [0.3, 0.4) is 0 Å². The molecule has 0 aliphatic carbocycles. The third-order valence-electron chi connectivity index (χ3n) is 6.51. The Morgan fingerprint density at radius 3 is 2.23 bits per heavy atom. The molecule has 0 saturated carbocycles. The summed E-state index contributed by atoms with van der Waals surface area (Å²) in [6.07, 6.45) is -3.40. The number of halogens is 6. The summed E-state index contributed by atoms with van der Waals surface area (Å²) in [7, 11) is -4.58. The Morgan fingerprint density at radius 1 is 0.953 bits per heavy atom. The fourth-order valence-corrected chi connectivity index (χ4v) is 6.21. The second-order valence-electron chi connectivity index (χ2n) is 9.56. The molecule has 0 spiro atoms. The number of nitrogens with one attached hydrogen (secondary N) is 1. The molecule has 3 rings (SSSR count). The molecule has 0 aliphatic rings. The standard InChI is InChI=1S/C29H29Cl3F3N3O4S/c1-3-4-14-36-28(40)19(2)37(17-20-10-11-21(30)15-26(20)32)27(39)18-38(43(41,42)23-8-6-5-7-9-23)22-12-13-25(31)24(16-22)29(33,34)35/h5-13,15-16,19H,3-4,14,17-18H2,1-2H3,(H,36,40)/t19-/m0/s1. The lowest BCUT2D eigenvalue weighted by molar-refractivity contribution is -0.139. The Labute approximate surface area is 263 Å². The minimum atomic E-state index is -4.90. The molecule has 0 fully saturated rings. The van der Waals surface area contributed by atoms with Gasteiger partial charge in [-0.05, 0) is 61.4 Å². The zero-order valence-electron chi connectivity index (χ0n) is 23.2. The molecule has 3 aromatic rings. The predicted octanol–water partition coefficient (Wildman–Crippen LogP) is 7.19. The number of benzene rings is 3. The second kappa shape index (κ2) is 14.7. The van der Waals surface area contributed by atoms with Gasteiger partial charge < -0.3 is 10.2 Å². The fourth-order valence-electron chi connectivity index (χ4n) is 4.09. The van der Waals surface area contributed by atoms with Crippen LogP contribution in [0, 0.1) is 0 Å². The third kappa shape index (κ3) is 8.78. The summed E-state index contributed by atoms with van der Waals surface area (Å²) in [5.74, 6) is -1.37. The molecule has 0 aromatic heterocycles. The minimum Gasteiger partial charge on any atom is -0.354 e. The summed E-state index contributed by atoms with van der Waals surface area (Å²) in [5.41, 5.74) is -1.31. The first-order valence-electron chi connectivity index (χ1n) is 13.1. The number of carbonyl (C=O) groups excluding carboxylic acids is 2. The lowest BCUT2D eigenvalue weighted by Crippen LogP contribution is -2.51. The van der Waals surface area contributed by atoms with Gasteiger partial charge in [-0.25, -0.2) is 8.42 Å². The van der Waals surface area contributed by atoms with E-state index >= 15 is 0 Å². The van der Waals surface area contributed by atoms with Crippen LogP contribution in [0.2, 0.25) is 15.1 Å². The maximum atomic E-state index is 13.9. The fraction of sp³-hybridized carbons (Fsp3) is 0.310. The van der Waals surface area contributed by atoms with Gasteiger partial charge >= 0.3 is 6.18 Å². The van der Waals surface area contributed by atoms with Crippen molar-refractivity contribution in [2.45, 2.75) is 50.3 Å². The molecule has 1 N–H and O–H groups in total. The Balaban J connectivity index is 2.10. The summed E-state index contributed by atoms with van der Waals surface area (Å²) < 4.78 is 69.4. The van der Waals surface area contributed by atoms with E-state index in [0.29, 0.717) is 33.9 Å². The van der Waals surface area contributed by atoms with Crippen LogP contribution in [0.15, 0.2) is 71.6 Å². The van der Waals surface area contributed by atoms with Gasteiger partial charge in [-0.15, -0.1) is 0 Å². The monoisotopic (exact) mass is 677 g/mol. The van der Waals surface area contributed by atoms with E-state index in [1.54, 1.807) is 12.1 Å². The van der Waals surface area contributed by atoms with Crippen molar-refractivity contribution in [2.75, 3.05) is 17.4 Å². The van der Waals surface area contributed by atoms with E-state index in [-0.39, 0.29) is 16.5 Å². The molecule has 0 unspecified atom stereocenters. The summed E-state index contributed by atoms with van der Waals surface area (Å²) >= 11 is 18.1. The molecular formula is C29H29Cl3F3N3O4S. The van der Waals surface area contributed by atoms with Gasteiger partial charge in [0.2, 0.25) is 11.8 Å². The maximum absolute atomic E-state index is 13.9. The van der Waals surface area contributed by atoms with Crippen molar-refractivity contribution in [3.05, 3.63) is 92.9 Å². The van der Waals surface area contributed by atoms with Gasteiger partial charge in [0.1, 0.15) is 12.6 Å². The van der Waals surface area contributed by atoms with Crippen LogP contribution in [0.25, 0.3) is 0 Å². The highest BCUT2D eigenvalue weighted by atomic mass is 35.5. The summed E-state index contributed by atoms with van der Waals surface area (Å²) in [6, 6.07) is 12.9. The smallest absolute Gasteiger partial charge is 0.354 e. The second-order valence-corrected chi connectivity index (χ2v) is 12.7. The van der Waals surface area contributed by atoms with Crippen molar-refractivity contribution in [3.63, 3.8) is 0 Å². The average molecular weight is 679 g/mol. The Kier molecular flexibility index (Phi) is 11.8. The Hall–Kier alpha value is -2.99. The lowest BCUT2D eigenvalue weighted by atomic mass is 10.1. The van der Waals surface area contributed by atoms with Gasteiger partial charge in [-0.1, -0.05) is 72.4 Å². The number of carbonyl (C=O) groups is 2. The highest BCUT2D eigenvalue weighted by Crippen LogP contribution is 2.38. The largest absolute Gasteiger partial charge is 0.417 e. The highest BCUT2D eigenvalue weighted by Gasteiger charge is 2.37. The van der Waals surface area contributed by atoms with E-state index in [0.717, 1.165) is 23.5 Å². The van der Waals surface area contributed by atoms with Crippen molar-refractivity contribution in [1.29, 1.82) is 0 Å². The van der Waals surface area contributed by atoms with Gasteiger partial charge in [0, 0.05) is 23.1 Å². The van der Waals surface area contributed by atoms with E-state index in [2.05, 4.69) is 5.32 Å². The molecule has 232 valence electrons. The number of hydrogen-bond donors (Lipinski definition) is 1. The summed E-state index contributed by atoms with van der Waals surface area (Å²) in [5, 5.41) is 2.63. The van der Waals surface area contributed by atoms with E-state index in [1.165, 1.54) is 43.3 Å². The average Bonchev–Trinajstić information content (AvgIpc) is 2.95. The number of nitrogens with zero attached hydrogens (tertiary/aromatic N) is 2. The zero-order chi connectivity index (χ0) is 31.9. The Morgan fingerprint density at radius 2 is 1.63 bits per heavy atom. The summed E-state index contributed by atoms with van der Waals surface area (Å²) in [6.45, 7) is 2.60. The molecule has 3 aromatic carbocycles. The predicted molar refractivity (Wildman–Crippen MR) is 162 cm³/mol. The van der Waals surface area contributed by atoms with Gasteiger partial charge in [-0.2, -0.15) is 13.2 Å². The number of hydrogen-bond acceptors (Lipinski definition) is 4. The maximum Gasteiger partial charge on any atom is 0.417 e. The Bertz CT molecular complexity index is 1560. The molecule has 0 aliphatic heterocycles. The number of alkyl halides is 3. The number of sulfonamides is 1. The number of unbranched alkanes of at least 4 members (excludes halogenated alkanes) is 1. The van der Waals surface area contributed by atoms with Gasteiger partial charge in [0.05, 0.1) is 21.2 Å². The number of amides is 2. The molecular weight excluding hydrogens is 650 g/mol. The number of rotatable bonds is 12. The van der Waals surface area contributed by atoms with E-state index in [4.69, 9.17) is 34.8 Å². The molecule has 0 bridgehead atoms. The van der Waals surface area contributed by atoms with Crippen molar-refractivity contribution < 1.29 is 31.2 Å². The van der Waals surface area contributed by atoms with E-state index < -0.39 is 56.9 Å². The van der Waals surface area contributed by atoms with Gasteiger partial charge in [0.15, 0.2) is 0 Å². The van der Waals surface area contributed by atoms with Crippen molar-refractivity contribution >= 4 is 62.3 Å². The van der Waals surface area contributed by atoms with Gasteiger partial charge in [0.25, 0.3) is 10.0 Å². The van der Waals surface area contributed by atoms with Crippen LogP contribution in [-0.4, -0.2) is 44.3 Å². The highest BCUT2D eigenvalue weighted by molar-refractivity contribution is 7.92. The van der Waals surface area contributed by atoms with Crippen LogP contribution >= 0.6 is 34.8 Å². The quantitative estimate of drug-likeness (QED) is 0.206. The SMILES string of the molecule is CCCCNC(=O)[C@H](C)N(Cc1ccc(Cl)cc1Cl)C(=O)CN(c1ccc(Cl)c(C(F)(F)F)c1)S(=O)(=O)c1ccccc1. The molecule has 0 saturated heterocycles. The first-order valence-corrected chi connectivity index (χ1v) is 15.7. The van der Waals surface area contributed by atoms with Crippen LogP contribution in [0.4, 0.5) is 18.9 Å². The first kappa shape index (κ1) is 34.5. The molecule has 14 heteroatoms. The topological polar surface area (TPSA) is 86.8 Å². The van der Waals surface area contributed by atoms with E-state index in [1.807, 2.05) is 6.92 Å². The van der Waals surface area contributed by atoms with Crippen molar-refractivity contribution in [3.8, 4) is 0 Å². The van der Waals surface area contributed by atoms with Crippen molar-refractivity contribution in [2.24, 2.45) is 0 Å². The molecule has 0 heterocycles. The molecule has 2 amide bonds. The minimum absolute atomic E-state index is 0.199. The van der Waals surface area contributed by atoms with Crippen molar-refractivity contribution in [1.82, 2.24) is 10.2 Å². The third-order valence-corrected chi connectivity index (χ3v) is 9.21. The molecule has 0 radical (unpaired) electrons. The first-order chi connectivity index (χ1) is 20.2. The van der Waals surface area contributed by atoms with E-state index in [9.17, 15) is 31.2 Å². The van der Waals surface area contributed by atoms with Crippen LogP contribution in [0.5, 0.6) is 0 Å². The molecule has 7 nitrogen and oxygen atoms in total. The van der Waals surface area contributed by atoms with Crippen LogP contribution in [-0.2, 0) is 32.3 Å². The summed E-state index contributed by atoms with van der Waals surface area (Å²) in [4.78, 5) is 27.8. The number of anilines is 1. The molecule has 43 heavy (non-hydrogen) atoms. The van der Waals surface area contributed by atoms with Gasteiger partial charge in [-0.3, -0.25) is 13.9 Å².